The molecule has 0 unspecified atom stereocenters. The van der Waals surface area contributed by atoms with E-state index in [1.54, 1.807) is 0 Å². The average Bonchev–Trinajstić information content (AvgIpc) is 2.45. The van der Waals surface area contributed by atoms with Crippen LogP contribution in [-0.4, -0.2) is 32.4 Å². The minimum absolute atomic E-state index is 0.0822. The number of sulfone groups is 1. The van der Waals surface area contributed by atoms with E-state index in [4.69, 9.17) is 0 Å². The molecule has 0 bridgehead atoms. The van der Waals surface area contributed by atoms with Gasteiger partial charge in [0.05, 0.1) is 11.5 Å². The summed E-state index contributed by atoms with van der Waals surface area (Å²) in [4.78, 5) is 11.1. The Kier molecular flexibility index (Phi) is 5.58. The van der Waals surface area contributed by atoms with E-state index in [1.165, 1.54) is 6.92 Å². The molecule has 0 aliphatic carbocycles. The second kappa shape index (κ2) is 7.24. The molecule has 1 aromatic rings. The number of hydrogen-bond donors (Lipinski definition) is 2. The Morgan fingerprint density at radius 2 is 2.00 bits per heavy atom. The van der Waals surface area contributed by atoms with Gasteiger partial charge in [-0.15, -0.1) is 0 Å². The molecule has 1 heterocycles. The summed E-state index contributed by atoms with van der Waals surface area (Å²) in [6.45, 7) is 4.39. The molecule has 6 heteroatoms. The van der Waals surface area contributed by atoms with Crippen molar-refractivity contribution in [3.8, 4) is 0 Å². The standard InChI is InChI=1S/C16H24N2O3S/c1-12(15-4-3-5-16(10-15)18-13(2)19)17-11-14-6-8-22(20,21)9-7-14/h3-5,10,12,14,17H,6-9,11H2,1-2H3,(H,18,19)/t12-/m1/s1. The zero-order valence-electron chi connectivity index (χ0n) is 13.1. The van der Waals surface area contributed by atoms with Crippen LogP contribution in [-0.2, 0) is 14.6 Å². The third kappa shape index (κ3) is 5.10. The lowest BCUT2D eigenvalue weighted by molar-refractivity contribution is -0.114. The number of carbonyl (C=O) groups is 1. The highest BCUT2D eigenvalue weighted by Gasteiger charge is 2.23. The maximum Gasteiger partial charge on any atom is 0.221 e. The largest absolute Gasteiger partial charge is 0.326 e. The summed E-state index contributed by atoms with van der Waals surface area (Å²) in [5, 5.41) is 6.25. The van der Waals surface area contributed by atoms with E-state index in [2.05, 4.69) is 17.6 Å². The Bertz CT molecular complexity index is 614. The zero-order valence-corrected chi connectivity index (χ0v) is 13.9. The SMILES string of the molecule is CC(=O)Nc1cccc([C@@H](C)NCC2CCS(=O)(=O)CC2)c1. The Hall–Kier alpha value is -1.40. The fourth-order valence-electron chi connectivity index (χ4n) is 2.69. The van der Waals surface area contributed by atoms with E-state index in [-0.39, 0.29) is 11.9 Å². The van der Waals surface area contributed by atoms with Gasteiger partial charge in [-0.25, -0.2) is 8.42 Å². The smallest absolute Gasteiger partial charge is 0.221 e. The third-order valence-electron chi connectivity index (χ3n) is 4.09. The van der Waals surface area contributed by atoms with Gasteiger partial charge in [0.15, 0.2) is 0 Å². The van der Waals surface area contributed by atoms with E-state index in [0.717, 1.165) is 30.6 Å². The molecule has 2 rings (SSSR count). The normalized spacial score (nSPS) is 19.5. The molecular weight excluding hydrogens is 300 g/mol. The quantitative estimate of drug-likeness (QED) is 0.870. The van der Waals surface area contributed by atoms with Gasteiger partial charge in [-0.2, -0.15) is 0 Å². The van der Waals surface area contributed by atoms with Crippen LogP contribution in [0, 0.1) is 5.92 Å². The molecule has 0 radical (unpaired) electrons. The van der Waals surface area contributed by atoms with Gasteiger partial charge in [0.25, 0.3) is 0 Å². The van der Waals surface area contributed by atoms with Crippen LogP contribution >= 0.6 is 0 Å². The first kappa shape index (κ1) is 17.0. The van der Waals surface area contributed by atoms with Crippen LogP contribution in [0.15, 0.2) is 24.3 Å². The molecule has 22 heavy (non-hydrogen) atoms. The van der Waals surface area contributed by atoms with Crippen LogP contribution in [0.5, 0.6) is 0 Å². The molecule has 2 N–H and O–H groups in total. The molecule has 0 saturated carbocycles. The van der Waals surface area contributed by atoms with Crippen molar-refractivity contribution in [2.24, 2.45) is 5.92 Å². The molecule has 1 aliphatic rings. The molecule has 0 spiro atoms. The fourth-order valence-corrected chi connectivity index (χ4v) is 4.28. The highest BCUT2D eigenvalue weighted by molar-refractivity contribution is 7.91. The van der Waals surface area contributed by atoms with Crippen molar-refractivity contribution in [1.82, 2.24) is 5.32 Å². The van der Waals surface area contributed by atoms with Gasteiger partial charge in [-0.1, -0.05) is 12.1 Å². The fraction of sp³-hybridized carbons (Fsp3) is 0.562. The van der Waals surface area contributed by atoms with Gasteiger partial charge in [0.2, 0.25) is 5.91 Å². The number of rotatable bonds is 5. The van der Waals surface area contributed by atoms with Crippen molar-refractivity contribution < 1.29 is 13.2 Å². The minimum Gasteiger partial charge on any atom is -0.326 e. The molecule has 1 fully saturated rings. The number of anilines is 1. The Balaban J connectivity index is 1.87. The van der Waals surface area contributed by atoms with Crippen LogP contribution in [0.1, 0.15) is 38.3 Å². The van der Waals surface area contributed by atoms with E-state index in [0.29, 0.717) is 17.4 Å². The first-order chi connectivity index (χ1) is 10.4. The van der Waals surface area contributed by atoms with Crippen molar-refractivity contribution in [3.63, 3.8) is 0 Å². The maximum atomic E-state index is 11.4. The maximum absolute atomic E-state index is 11.4. The van der Waals surface area contributed by atoms with Gasteiger partial charge in [0, 0.05) is 18.7 Å². The van der Waals surface area contributed by atoms with Crippen molar-refractivity contribution in [2.45, 2.75) is 32.7 Å². The van der Waals surface area contributed by atoms with Crippen LogP contribution < -0.4 is 10.6 Å². The summed E-state index contributed by atoms with van der Waals surface area (Å²) in [6, 6.07) is 7.93. The number of nitrogens with one attached hydrogen (secondary N) is 2. The summed E-state index contributed by atoms with van der Waals surface area (Å²) < 4.78 is 22.9. The van der Waals surface area contributed by atoms with Gasteiger partial charge in [-0.05, 0) is 49.9 Å². The highest BCUT2D eigenvalue weighted by Crippen LogP contribution is 2.21. The van der Waals surface area contributed by atoms with E-state index in [9.17, 15) is 13.2 Å². The van der Waals surface area contributed by atoms with Crippen LogP contribution in [0.25, 0.3) is 0 Å². The van der Waals surface area contributed by atoms with E-state index >= 15 is 0 Å². The number of benzene rings is 1. The molecule has 1 aromatic carbocycles. The third-order valence-corrected chi connectivity index (χ3v) is 5.81. The summed E-state index contributed by atoms with van der Waals surface area (Å²) in [7, 11) is -2.79. The molecule has 122 valence electrons. The van der Waals surface area contributed by atoms with Crippen molar-refractivity contribution in [3.05, 3.63) is 29.8 Å². The monoisotopic (exact) mass is 324 g/mol. The Labute approximate surface area is 132 Å². The van der Waals surface area contributed by atoms with Crippen molar-refractivity contribution in [1.29, 1.82) is 0 Å². The molecule has 0 aromatic heterocycles. The lowest BCUT2D eigenvalue weighted by Crippen LogP contribution is -2.32. The number of carbonyl (C=O) groups excluding carboxylic acids is 1. The predicted octanol–water partition coefficient (Wildman–Crippen LogP) is 2.12. The van der Waals surface area contributed by atoms with Crippen LogP contribution in [0.4, 0.5) is 5.69 Å². The molecule has 1 amide bonds. The Morgan fingerprint density at radius 3 is 2.64 bits per heavy atom. The molecule has 5 nitrogen and oxygen atoms in total. The highest BCUT2D eigenvalue weighted by atomic mass is 32.2. The first-order valence-corrected chi connectivity index (χ1v) is 9.49. The van der Waals surface area contributed by atoms with Gasteiger partial charge in [0.1, 0.15) is 9.84 Å². The average molecular weight is 324 g/mol. The van der Waals surface area contributed by atoms with E-state index in [1.807, 2.05) is 24.3 Å². The van der Waals surface area contributed by atoms with Crippen LogP contribution in [0.3, 0.4) is 0 Å². The van der Waals surface area contributed by atoms with Crippen molar-refractivity contribution >= 4 is 21.4 Å². The second-order valence-corrected chi connectivity index (χ2v) is 8.34. The summed E-state index contributed by atoms with van der Waals surface area (Å²) in [5.74, 6) is 0.961. The predicted molar refractivity (Wildman–Crippen MR) is 88.5 cm³/mol. The number of hydrogen-bond acceptors (Lipinski definition) is 4. The molecular formula is C16H24N2O3S. The number of amides is 1. The van der Waals surface area contributed by atoms with Gasteiger partial charge < -0.3 is 10.6 Å². The molecule has 1 atom stereocenters. The topological polar surface area (TPSA) is 75.3 Å². The van der Waals surface area contributed by atoms with Crippen LogP contribution in [0.2, 0.25) is 0 Å². The summed E-state index contributed by atoms with van der Waals surface area (Å²) >= 11 is 0. The van der Waals surface area contributed by atoms with Gasteiger partial charge in [-0.3, -0.25) is 4.79 Å². The van der Waals surface area contributed by atoms with Crippen molar-refractivity contribution in [2.75, 3.05) is 23.4 Å². The first-order valence-electron chi connectivity index (χ1n) is 7.67. The lowest BCUT2D eigenvalue weighted by Gasteiger charge is -2.24. The minimum atomic E-state index is -2.79. The summed E-state index contributed by atoms with van der Waals surface area (Å²) in [5.41, 5.74) is 1.90. The van der Waals surface area contributed by atoms with E-state index < -0.39 is 9.84 Å². The Morgan fingerprint density at radius 1 is 1.32 bits per heavy atom. The lowest BCUT2D eigenvalue weighted by atomic mass is 10.0. The molecule has 1 saturated heterocycles. The summed E-state index contributed by atoms with van der Waals surface area (Å²) in [6.07, 6.45) is 1.49. The van der Waals surface area contributed by atoms with Gasteiger partial charge >= 0.3 is 0 Å². The molecule has 1 aliphatic heterocycles. The second-order valence-electron chi connectivity index (χ2n) is 6.03. The zero-order chi connectivity index (χ0) is 16.2.